The monoisotopic (exact) mass is 255 g/mol. The highest BCUT2D eigenvalue weighted by molar-refractivity contribution is 5.70. The Kier molecular flexibility index (Phi) is 2.90. The molecule has 0 amide bonds. The van der Waals surface area contributed by atoms with Gasteiger partial charge in [0.25, 0.3) is 0 Å². The maximum atomic E-state index is 12.7. The van der Waals surface area contributed by atoms with Gasteiger partial charge in [0, 0.05) is 5.69 Å². The fourth-order valence-electron chi connectivity index (χ4n) is 1.50. The molecule has 0 radical (unpaired) electrons. The Morgan fingerprint density at radius 1 is 1.17 bits per heavy atom. The summed E-state index contributed by atoms with van der Waals surface area (Å²) in [6.07, 6.45) is -4.43. The number of aldehydes is 1. The molecule has 0 saturated heterocycles. The van der Waals surface area contributed by atoms with Crippen molar-refractivity contribution in [2.75, 3.05) is 0 Å². The molecule has 1 heterocycles. The van der Waals surface area contributed by atoms with Crippen LogP contribution in [0.15, 0.2) is 24.3 Å². The first-order valence-electron chi connectivity index (χ1n) is 4.98. The van der Waals surface area contributed by atoms with E-state index in [0.717, 1.165) is 5.56 Å². The lowest BCUT2D eigenvalue weighted by Crippen LogP contribution is -2.15. The molecular weight excluding hydrogens is 247 g/mol. The van der Waals surface area contributed by atoms with E-state index < -0.39 is 12.0 Å². The van der Waals surface area contributed by atoms with Crippen molar-refractivity contribution in [3.8, 4) is 5.69 Å². The highest BCUT2D eigenvalue weighted by Gasteiger charge is 2.38. The van der Waals surface area contributed by atoms with Gasteiger partial charge in [0.2, 0.25) is 11.6 Å². The fourth-order valence-corrected chi connectivity index (χ4v) is 1.50. The van der Waals surface area contributed by atoms with E-state index in [1.165, 1.54) is 12.1 Å². The zero-order valence-corrected chi connectivity index (χ0v) is 9.27. The summed E-state index contributed by atoms with van der Waals surface area (Å²) in [6, 6.07) is 6.23. The van der Waals surface area contributed by atoms with Gasteiger partial charge in [-0.25, -0.2) is 0 Å². The molecule has 0 saturated carbocycles. The maximum Gasteiger partial charge on any atom is 0.452 e. The standard InChI is InChI=1S/C11H8F3N3O/c1-7-2-4-8(5-3-7)17-9(6-18)15-16-10(17)11(12,13)14/h2-6H,1H3. The van der Waals surface area contributed by atoms with Crippen molar-refractivity contribution in [3.63, 3.8) is 0 Å². The van der Waals surface area contributed by atoms with Gasteiger partial charge >= 0.3 is 6.18 Å². The van der Waals surface area contributed by atoms with Gasteiger partial charge in [0.15, 0.2) is 6.29 Å². The topological polar surface area (TPSA) is 47.8 Å². The van der Waals surface area contributed by atoms with Crippen LogP contribution in [-0.2, 0) is 6.18 Å². The van der Waals surface area contributed by atoms with Crippen molar-refractivity contribution in [1.82, 2.24) is 14.8 Å². The maximum absolute atomic E-state index is 12.7. The molecule has 0 atom stereocenters. The van der Waals surface area contributed by atoms with Gasteiger partial charge in [0.1, 0.15) is 0 Å². The van der Waals surface area contributed by atoms with E-state index in [-0.39, 0.29) is 17.8 Å². The van der Waals surface area contributed by atoms with Gasteiger partial charge in [-0.05, 0) is 19.1 Å². The van der Waals surface area contributed by atoms with E-state index >= 15 is 0 Å². The number of aryl methyl sites for hydroxylation is 1. The molecule has 0 N–H and O–H groups in total. The molecule has 4 nitrogen and oxygen atoms in total. The number of hydrogen-bond donors (Lipinski definition) is 0. The minimum atomic E-state index is -4.67. The Labute approximate surface area is 100 Å². The Hall–Kier alpha value is -2.18. The van der Waals surface area contributed by atoms with Gasteiger partial charge in [0.05, 0.1) is 0 Å². The van der Waals surface area contributed by atoms with Crippen molar-refractivity contribution in [2.45, 2.75) is 13.1 Å². The molecule has 0 spiro atoms. The summed E-state index contributed by atoms with van der Waals surface area (Å²) in [5, 5.41) is 6.24. The molecular formula is C11H8F3N3O. The van der Waals surface area contributed by atoms with Crippen molar-refractivity contribution in [3.05, 3.63) is 41.5 Å². The number of benzene rings is 1. The molecule has 0 bridgehead atoms. The van der Waals surface area contributed by atoms with E-state index in [2.05, 4.69) is 10.2 Å². The molecule has 0 aliphatic rings. The van der Waals surface area contributed by atoms with Crippen LogP contribution < -0.4 is 0 Å². The predicted octanol–water partition coefficient (Wildman–Crippen LogP) is 2.41. The summed E-state index contributed by atoms with van der Waals surface area (Å²) in [5.74, 6) is -1.60. The molecule has 0 aliphatic heterocycles. The predicted molar refractivity (Wildman–Crippen MR) is 56.5 cm³/mol. The van der Waals surface area contributed by atoms with Crippen LogP contribution in [0, 0.1) is 6.92 Å². The Morgan fingerprint density at radius 2 is 1.78 bits per heavy atom. The molecule has 18 heavy (non-hydrogen) atoms. The lowest BCUT2D eigenvalue weighted by molar-refractivity contribution is -0.146. The van der Waals surface area contributed by atoms with Crippen LogP contribution in [0.25, 0.3) is 5.69 Å². The first kappa shape index (κ1) is 12.3. The summed E-state index contributed by atoms with van der Waals surface area (Å²) in [7, 11) is 0. The average molecular weight is 255 g/mol. The SMILES string of the molecule is Cc1ccc(-n2c(C=O)nnc2C(F)(F)F)cc1. The minimum Gasteiger partial charge on any atom is -0.294 e. The van der Waals surface area contributed by atoms with E-state index in [4.69, 9.17) is 0 Å². The van der Waals surface area contributed by atoms with Crippen molar-refractivity contribution in [1.29, 1.82) is 0 Å². The summed E-state index contributed by atoms with van der Waals surface area (Å²) < 4.78 is 38.9. The third kappa shape index (κ3) is 2.11. The zero-order chi connectivity index (χ0) is 13.3. The highest BCUT2D eigenvalue weighted by Crippen LogP contribution is 2.29. The number of nitrogens with zero attached hydrogens (tertiary/aromatic N) is 3. The molecule has 0 aliphatic carbocycles. The largest absolute Gasteiger partial charge is 0.452 e. The van der Waals surface area contributed by atoms with Crippen molar-refractivity contribution in [2.24, 2.45) is 0 Å². The van der Waals surface area contributed by atoms with Crippen LogP contribution in [-0.4, -0.2) is 21.1 Å². The molecule has 0 unspecified atom stereocenters. The third-order valence-corrected chi connectivity index (χ3v) is 2.34. The summed E-state index contributed by atoms with van der Waals surface area (Å²) >= 11 is 0. The normalized spacial score (nSPS) is 11.6. The van der Waals surface area contributed by atoms with E-state index in [9.17, 15) is 18.0 Å². The molecule has 2 aromatic rings. The Morgan fingerprint density at radius 3 is 2.28 bits per heavy atom. The van der Waals surface area contributed by atoms with E-state index in [1.807, 2.05) is 0 Å². The second-order valence-corrected chi connectivity index (χ2v) is 3.67. The van der Waals surface area contributed by atoms with Gasteiger partial charge in [-0.2, -0.15) is 13.2 Å². The number of carbonyl (C=O) groups is 1. The number of rotatable bonds is 2. The van der Waals surface area contributed by atoms with Gasteiger partial charge in [-0.1, -0.05) is 17.7 Å². The Balaban J connectivity index is 2.64. The number of halogens is 3. The molecule has 7 heteroatoms. The van der Waals surface area contributed by atoms with Crippen LogP contribution in [0.3, 0.4) is 0 Å². The lowest BCUT2D eigenvalue weighted by Gasteiger charge is -2.10. The number of aromatic nitrogens is 3. The molecule has 0 fully saturated rings. The van der Waals surface area contributed by atoms with Crippen LogP contribution in [0.4, 0.5) is 13.2 Å². The quantitative estimate of drug-likeness (QED) is 0.774. The molecule has 1 aromatic carbocycles. The third-order valence-electron chi connectivity index (χ3n) is 2.34. The van der Waals surface area contributed by atoms with Crippen LogP contribution in [0.1, 0.15) is 22.0 Å². The minimum absolute atomic E-state index is 0.194. The summed E-state index contributed by atoms with van der Waals surface area (Å²) in [6.45, 7) is 1.81. The number of alkyl halides is 3. The van der Waals surface area contributed by atoms with E-state index in [0.29, 0.717) is 4.57 Å². The van der Waals surface area contributed by atoms with Crippen LogP contribution in [0.2, 0.25) is 0 Å². The second kappa shape index (κ2) is 4.25. The zero-order valence-electron chi connectivity index (χ0n) is 9.27. The first-order valence-corrected chi connectivity index (χ1v) is 4.98. The summed E-state index contributed by atoms with van der Waals surface area (Å²) in [5.41, 5.74) is 1.09. The second-order valence-electron chi connectivity index (χ2n) is 3.67. The van der Waals surface area contributed by atoms with Crippen LogP contribution in [0.5, 0.6) is 0 Å². The van der Waals surface area contributed by atoms with Gasteiger partial charge in [-0.3, -0.25) is 9.36 Å². The summed E-state index contributed by atoms with van der Waals surface area (Å²) in [4.78, 5) is 10.7. The molecule has 94 valence electrons. The lowest BCUT2D eigenvalue weighted by atomic mass is 10.2. The Bertz CT molecular complexity index is 572. The average Bonchev–Trinajstić information content (AvgIpc) is 2.73. The number of carbonyl (C=O) groups excluding carboxylic acids is 1. The van der Waals surface area contributed by atoms with Gasteiger partial charge < -0.3 is 0 Å². The van der Waals surface area contributed by atoms with Crippen molar-refractivity contribution >= 4 is 6.29 Å². The van der Waals surface area contributed by atoms with Gasteiger partial charge in [-0.15, -0.1) is 10.2 Å². The number of hydrogen-bond acceptors (Lipinski definition) is 3. The van der Waals surface area contributed by atoms with E-state index in [1.54, 1.807) is 19.1 Å². The molecule has 1 aromatic heterocycles. The highest BCUT2D eigenvalue weighted by atomic mass is 19.4. The fraction of sp³-hybridized carbons (Fsp3) is 0.182. The smallest absolute Gasteiger partial charge is 0.294 e. The molecule has 2 rings (SSSR count). The van der Waals surface area contributed by atoms with Crippen molar-refractivity contribution < 1.29 is 18.0 Å². The van der Waals surface area contributed by atoms with Crippen LogP contribution >= 0.6 is 0 Å². The first-order chi connectivity index (χ1) is 8.43.